The van der Waals surface area contributed by atoms with Gasteiger partial charge in [0.2, 0.25) is 9.84 Å². The Kier molecular flexibility index (Phi) is 7.28. The van der Waals surface area contributed by atoms with Crippen LogP contribution < -0.4 is 14.8 Å². The van der Waals surface area contributed by atoms with Crippen molar-refractivity contribution < 1.29 is 27.4 Å². The summed E-state index contributed by atoms with van der Waals surface area (Å²) in [6.07, 6.45) is 1.11. The Morgan fingerprint density at radius 1 is 0.966 bits per heavy atom. The van der Waals surface area contributed by atoms with Crippen molar-refractivity contribution in [2.24, 2.45) is 0 Å². The molecule has 0 aromatic heterocycles. The minimum absolute atomic E-state index is 0.00709. The molecular weight excluding hydrogens is 394 g/mol. The third kappa shape index (κ3) is 5.08. The second kappa shape index (κ2) is 9.47. The Labute approximate surface area is 171 Å². The SMILES string of the molecule is COC(=O)/C(=C\Nc1ccc(OC)c(OC)c1)S(=O)(=O)c1ccc(C(C)C)cc1. The van der Waals surface area contributed by atoms with Crippen LogP contribution >= 0.6 is 0 Å². The molecule has 0 aliphatic heterocycles. The molecule has 2 rings (SSSR count). The van der Waals surface area contributed by atoms with Crippen LogP contribution in [0.4, 0.5) is 5.69 Å². The van der Waals surface area contributed by atoms with Crippen LogP contribution in [0.2, 0.25) is 0 Å². The first-order valence-corrected chi connectivity index (χ1v) is 10.3. The molecule has 0 bridgehead atoms. The highest BCUT2D eigenvalue weighted by Crippen LogP contribution is 2.30. The van der Waals surface area contributed by atoms with Crippen LogP contribution in [0.5, 0.6) is 11.5 Å². The van der Waals surface area contributed by atoms with Crippen molar-refractivity contribution in [3.05, 3.63) is 59.1 Å². The monoisotopic (exact) mass is 419 g/mol. The largest absolute Gasteiger partial charge is 0.493 e. The molecule has 29 heavy (non-hydrogen) atoms. The van der Waals surface area contributed by atoms with E-state index in [9.17, 15) is 13.2 Å². The van der Waals surface area contributed by atoms with Crippen LogP contribution in [-0.4, -0.2) is 35.7 Å². The van der Waals surface area contributed by atoms with Crippen molar-refractivity contribution in [1.82, 2.24) is 0 Å². The van der Waals surface area contributed by atoms with Gasteiger partial charge in [0, 0.05) is 18.0 Å². The lowest BCUT2D eigenvalue weighted by atomic mass is 10.0. The smallest absolute Gasteiger partial charge is 0.351 e. The summed E-state index contributed by atoms with van der Waals surface area (Å²) in [6.45, 7) is 4.02. The summed E-state index contributed by atoms with van der Waals surface area (Å²) in [5.74, 6) is 0.269. The van der Waals surface area contributed by atoms with Gasteiger partial charge in [-0.3, -0.25) is 0 Å². The van der Waals surface area contributed by atoms with Crippen molar-refractivity contribution in [3.63, 3.8) is 0 Å². The number of rotatable bonds is 8. The first-order valence-electron chi connectivity index (χ1n) is 8.86. The second-order valence-corrected chi connectivity index (χ2v) is 8.36. The maximum absolute atomic E-state index is 13.0. The third-order valence-corrected chi connectivity index (χ3v) is 6.04. The summed E-state index contributed by atoms with van der Waals surface area (Å²) in [5.41, 5.74) is 1.51. The molecule has 0 radical (unpaired) electrons. The van der Waals surface area contributed by atoms with Gasteiger partial charge in [-0.25, -0.2) is 13.2 Å². The number of methoxy groups -OCH3 is 3. The maximum Gasteiger partial charge on any atom is 0.351 e. The summed E-state index contributed by atoms with van der Waals surface area (Å²) in [5, 5.41) is 2.81. The van der Waals surface area contributed by atoms with Gasteiger partial charge in [0.1, 0.15) is 0 Å². The Morgan fingerprint density at radius 2 is 1.59 bits per heavy atom. The third-order valence-electron chi connectivity index (χ3n) is 4.29. The number of carbonyl (C=O) groups is 1. The number of carbonyl (C=O) groups excluding carboxylic acids is 1. The van der Waals surface area contributed by atoms with E-state index in [-0.39, 0.29) is 10.8 Å². The lowest BCUT2D eigenvalue weighted by molar-refractivity contribution is -0.135. The van der Waals surface area contributed by atoms with E-state index in [0.717, 1.165) is 18.9 Å². The van der Waals surface area contributed by atoms with Crippen LogP contribution in [-0.2, 0) is 19.4 Å². The van der Waals surface area contributed by atoms with Gasteiger partial charge in [-0.05, 0) is 35.7 Å². The molecule has 0 spiro atoms. The van der Waals surface area contributed by atoms with E-state index in [1.165, 1.54) is 26.4 Å². The molecule has 0 unspecified atom stereocenters. The molecule has 0 saturated carbocycles. The normalized spacial score (nSPS) is 11.9. The molecule has 2 aromatic carbocycles. The Balaban J connectivity index is 2.41. The summed E-state index contributed by atoms with van der Waals surface area (Å²) in [7, 11) is 0.0435. The molecular formula is C21H25NO6S. The number of hydrogen-bond acceptors (Lipinski definition) is 7. The van der Waals surface area contributed by atoms with Crippen molar-refractivity contribution in [1.29, 1.82) is 0 Å². The number of ether oxygens (including phenoxy) is 3. The predicted octanol–water partition coefficient (Wildman–Crippen LogP) is 3.73. The van der Waals surface area contributed by atoms with Gasteiger partial charge in [-0.1, -0.05) is 26.0 Å². The fourth-order valence-corrected chi connectivity index (χ4v) is 3.85. The lowest BCUT2D eigenvalue weighted by Crippen LogP contribution is -2.17. The highest BCUT2D eigenvalue weighted by molar-refractivity contribution is 7.96. The number of benzene rings is 2. The van der Waals surface area contributed by atoms with Crippen LogP contribution in [0, 0.1) is 0 Å². The van der Waals surface area contributed by atoms with Gasteiger partial charge in [0.15, 0.2) is 16.4 Å². The molecule has 0 heterocycles. The van der Waals surface area contributed by atoms with E-state index in [2.05, 4.69) is 10.1 Å². The average molecular weight is 419 g/mol. The standard InChI is InChI=1S/C21H25NO6S/c1-14(2)15-6-9-17(10-7-15)29(24,25)20(21(23)28-5)13-22-16-8-11-18(26-3)19(12-16)27-4/h6-14,22H,1-5H3/b20-13+. The lowest BCUT2D eigenvalue weighted by Gasteiger charge is -2.12. The van der Waals surface area contributed by atoms with Gasteiger partial charge in [-0.2, -0.15) is 0 Å². The second-order valence-electron chi connectivity index (χ2n) is 6.44. The number of esters is 1. The Bertz CT molecular complexity index is 994. The molecule has 0 saturated heterocycles. The van der Waals surface area contributed by atoms with E-state index in [4.69, 9.17) is 9.47 Å². The van der Waals surface area contributed by atoms with Crippen molar-refractivity contribution in [2.75, 3.05) is 26.6 Å². The number of nitrogens with one attached hydrogen (secondary N) is 1. The molecule has 2 aromatic rings. The van der Waals surface area contributed by atoms with Gasteiger partial charge in [0.25, 0.3) is 0 Å². The molecule has 0 amide bonds. The van der Waals surface area contributed by atoms with Crippen molar-refractivity contribution in [3.8, 4) is 11.5 Å². The summed E-state index contributed by atoms with van der Waals surface area (Å²) in [4.78, 5) is 11.7. The quantitative estimate of drug-likeness (QED) is 0.515. The van der Waals surface area contributed by atoms with Crippen molar-refractivity contribution >= 4 is 21.5 Å². The average Bonchev–Trinajstić information content (AvgIpc) is 2.73. The van der Waals surface area contributed by atoms with E-state index in [1.807, 2.05) is 13.8 Å². The predicted molar refractivity (Wildman–Crippen MR) is 111 cm³/mol. The zero-order chi connectivity index (χ0) is 21.6. The van der Waals surface area contributed by atoms with E-state index < -0.39 is 20.7 Å². The number of anilines is 1. The molecule has 0 aliphatic rings. The summed E-state index contributed by atoms with van der Waals surface area (Å²) in [6, 6.07) is 11.4. The Morgan fingerprint density at radius 3 is 2.10 bits per heavy atom. The molecule has 0 fully saturated rings. The molecule has 156 valence electrons. The minimum atomic E-state index is -4.09. The van der Waals surface area contributed by atoms with E-state index >= 15 is 0 Å². The molecule has 1 N–H and O–H groups in total. The zero-order valence-electron chi connectivity index (χ0n) is 17.1. The first-order chi connectivity index (χ1) is 13.7. The summed E-state index contributed by atoms with van der Waals surface area (Å²) < 4.78 is 41.1. The fraction of sp³-hybridized carbons (Fsp3) is 0.286. The molecule has 7 nitrogen and oxygen atoms in total. The van der Waals surface area contributed by atoms with Crippen molar-refractivity contribution in [2.45, 2.75) is 24.7 Å². The minimum Gasteiger partial charge on any atom is -0.493 e. The van der Waals surface area contributed by atoms with Gasteiger partial charge < -0.3 is 19.5 Å². The zero-order valence-corrected chi connectivity index (χ0v) is 17.9. The number of sulfone groups is 1. The first kappa shape index (κ1) is 22.3. The Hall–Kier alpha value is -3.00. The van der Waals surface area contributed by atoms with Crippen LogP contribution in [0.3, 0.4) is 0 Å². The van der Waals surface area contributed by atoms with Gasteiger partial charge in [-0.15, -0.1) is 0 Å². The van der Waals surface area contributed by atoms with E-state index in [1.54, 1.807) is 30.3 Å². The highest BCUT2D eigenvalue weighted by Gasteiger charge is 2.28. The maximum atomic E-state index is 13.0. The summed E-state index contributed by atoms with van der Waals surface area (Å²) >= 11 is 0. The number of hydrogen-bond donors (Lipinski definition) is 1. The van der Waals surface area contributed by atoms with Crippen LogP contribution in [0.1, 0.15) is 25.3 Å². The van der Waals surface area contributed by atoms with Crippen LogP contribution in [0.25, 0.3) is 0 Å². The highest BCUT2D eigenvalue weighted by atomic mass is 32.2. The van der Waals surface area contributed by atoms with Crippen LogP contribution in [0.15, 0.2) is 58.5 Å². The molecule has 8 heteroatoms. The van der Waals surface area contributed by atoms with E-state index in [0.29, 0.717) is 17.2 Å². The topological polar surface area (TPSA) is 90.9 Å². The molecule has 0 atom stereocenters. The molecule has 0 aliphatic carbocycles. The fourth-order valence-electron chi connectivity index (χ4n) is 2.58. The van der Waals surface area contributed by atoms with Gasteiger partial charge in [0.05, 0.1) is 26.2 Å². The van der Waals surface area contributed by atoms with Gasteiger partial charge >= 0.3 is 5.97 Å².